The van der Waals surface area contributed by atoms with Gasteiger partial charge in [0.1, 0.15) is 28.2 Å². The second-order valence-corrected chi connectivity index (χ2v) is 7.21. The van der Waals surface area contributed by atoms with E-state index < -0.39 is 17.3 Å². The molecule has 3 N–H and O–H groups in total. The zero-order valence-corrected chi connectivity index (χ0v) is 15.9. The van der Waals surface area contributed by atoms with Crippen molar-refractivity contribution in [3.8, 4) is 34.3 Å². The number of hydrogen-bond acceptors (Lipinski definition) is 8. The molecule has 0 bridgehead atoms. The lowest BCUT2D eigenvalue weighted by Crippen LogP contribution is -2.22. The Morgan fingerprint density at radius 1 is 0.968 bits per heavy atom. The van der Waals surface area contributed by atoms with Crippen LogP contribution >= 0.6 is 0 Å². The molecule has 1 aliphatic heterocycles. The van der Waals surface area contributed by atoms with Gasteiger partial charge in [0.15, 0.2) is 16.9 Å². The van der Waals surface area contributed by atoms with Gasteiger partial charge in [-0.05, 0) is 29.8 Å². The van der Waals surface area contributed by atoms with Gasteiger partial charge in [-0.15, -0.1) is 0 Å². The number of phenolic OH excluding ortho intramolecular Hbond substituents is 3. The third-order valence-electron chi connectivity index (χ3n) is 5.27. The van der Waals surface area contributed by atoms with E-state index in [1.807, 2.05) is 0 Å². The van der Waals surface area contributed by atoms with Crippen molar-refractivity contribution in [2.75, 3.05) is 0 Å². The fourth-order valence-corrected chi connectivity index (χ4v) is 3.84. The van der Waals surface area contributed by atoms with Crippen LogP contribution in [0.4, 0.5) is 0 Å². The number of ether oxygens (including phenoxy) is 1. The van der Waals surface area contributed by atoms with Gasteiger partial charge in [0.05, 0.1) is 6.42 Å². The van der Waals surface area contributed by atoms with E-state index in [-0.39, 0.29) is 46.1 Å². The number of aromatic hydroxyl groups is 3. The van der Waals surface area contributed by atoms with E-state index >= 15 is 0 Å². The Morgan fingerprint density at radius 2 is 1.81 bits per heavy atom. The molecule has 0 saturated carbocycles. The van der Waals surface area contributed by atoms with Gasteiger partial charge in [-0.2, -0.15) is 0 Å². The van der Waals surface area contributed by atoms with Crippen molar-refractivity contribution in [1.82, 2.24) is 4.98 Å². The van der Waals surface area contributed by atoms with Crippen LogP contribution in [0, 0.1) is 0 Å². The quantitative estimate of drug-likeness (QED) is 0.257. The minimum atomic E-state index is -0.508. The van der Waals surface area contributed by atoms with E-state index in [0.717, 1.165) is 5.56 Å². The minimum absolute atomic E-state index is 0.00645. The Kier molecular flexibility index (Phi) is 4.14. The average Bonchev–Trinajstić information content (AvgIpc) is 2.75. The topological polar surface area (TPSA) is 130 Å². The second kappa shape index (κ2) is 6.88. The second-order valence-electron chi connectivity index (χ2n) is 7.21. The summed E-state index contributed by atoms with van der Waals surface area (Å²) in [5.41, 5.74) is 1.08. The van der Waals surface area contributed by atoms with Gasteiger partial charge in [0, 0.05) is 41.6 Å². The summed E-state index contributed by atoms with van der Waals surface area (Å²) < 4.78 is 11.4. The highest BCUT2D eigenvalue weighted by Crippen LogP contribution is 2.46. The van der Waals surface area contributed by atoms with Gasteiger partial charge in [0.2, 0.25) is 0 Å². The maximum Gasteiger partial charge on any atom is 0.312 e. The summed E-state index contributed by atoms with van der Waals surface area (Å²) in [7, 11) is 0. The fourth-order valence-electron chi connectivity index (χ4n) is 3.84. The maximum absolute atomic E-state index is 12.9. The first-order valence-corrected chi connectivity index (χ1v) is 9.39. The zero-order valence-electron chi connectivity index (χ0n) is 15.9. The summed E-state index contributed by atoms with van der Waals surface area (Å²) in [6.45, 7) is 0. The van der Waals surface area contributed by atoms with Crippen LogP contribution in [0.2, 0.25) is 0 Å². The number of aromatic nitrogens is 1. The molecule has 0 aliphatic carbocycles. The summed E-state index contributed by atoms with van der Waals surface area (Å²) in [5, 5.41) is 29.8. The molecule has 0 spiro atoms. The number of carbonyl (C=O) groups excluding carboxylic acids is 1. The molecule has 1 aliphatic rings. The van der Waals surface area contributed by atoms with Crippen molar-refractivity contribution in [3.63, 3.8) is 0 Å². The molecule has 0 saturated heterocycles. The molecular formula is C23H15NO7. The van der Waals surface area contributed by atoms with Crippen molar-refractivity contribution in [1.29, 1.82) is 0 Å². The number of phenols is 3. The highest BCUT2D eigenvalue weighted by atomic mass is 16.5. The van der Waals surface area contributed by atoms with Gasteiger partial charge in [-0.1, -0.05) is 6.07 Å². The molecule has 154 valence electrons. The summed E-state index contributed by atoms with van der Waals surface area (Å²) in [6.07, 6.45) is 3.23. The van der Waals surface area contributed by atoms with Crippen LogP contribution < -0.4 is 10.2 Å². The van der Waals surface area contributed by atoms with Crippen molar-refractivity contribution in [2.45, 2.75) is 12.3 Å². The molecule has 2 aromatic heterocycles. The van der Waals surface area contributed by atoms with E-state index in [4.69, 9.17) is 9.15 Å². The van der Waals surface area contributed by atoms with Crippen molar-refractivity contribution in [2.24, 2.45) is 0 Å². The molecule has 0 amide bonds. The number of nitrogens with zero attached hydrogens (tertiary/aromatic N) is 1. The molecule has 4 aromatic rings. The summed E-state index contributed by atoms with van der Waals surface area (Å²) >= 11 is 0. The Bertz CT molecular complexity index is 1410. The molecule has 31 heavy (non-hydrogen) atoms. The molecule has 8 heteroatoms. The lowest BCUT2D eigenvalue weighted by Gasteiger charge is -2.25. The van der Waals surface area contributed by atoms with Gasteiger partial charge >= 0.3 is 5.97 Å². The standard InChI is InChI=1S/C23H15NO7/c25-14-4-3-11(6-15(14)26)18-8-16(27)22-17(28)9-19-21(23(22)31-18)13(7-20(29)30-19)12-2-1-5-24-10-12/h1-6,8-10,13,25-26,28H,7H2. The first-order valence-electron chi connectivity index (χ1n) is 9.39. The molecule has 5 rings (SSSR count). The number of carbonyl (C=O) groups is 1. The van der Waals surface area contributed by atoms with Crippen LogP contribution in [0.15, 0.2) is 64.1 Å². The smallest absolute Gasteiger partial charge is 0.312 e. The average molecular weight is 417 g/mol. The third kappa shape index (κ3) is 3.05. The number of esters is 1. The van der Waals surface area contributed by atoms with E-state index in [2.05, 4.69) is 4.98 Å². The van der Waals surface area contributed by atoms with Crippen molar-refractivity contribution in [3.05, 3.63) is 76.2 Å². The van der Waals surface area contributed by atoms with Crippen molar-refractivity contribution >= 4 is 16.9 Å². The number of hydrogen-bond donors (Lipinski definition) is 3. The Hall–Kier alpha value is -4.33. The van der Waals surface area contributed by atoms with Crippen LogP contribution in [-0.4, -0.2) is 26.3 Å². The Labute approximate surface area is 174 Å². The molecule has 1 atom stereocenters. The van der Waals surface area contributed by atoms with Gasteiger partial charge in [-0.3, -0.25) is 14.6 Å². The predicted molar refractivity (Wildman–Crippen MR) is 109 cm³/mol. The maximum atomic E-state index is 12.9. The highest BCUT2D eigenvalue weighted by Gasteiger charge is 2.33. The van der Waals surface area contributed by atoms with E-state index in [9.17, 15) is 24.9 Å². The first-order chi connectivity index (χ1) is 14.9. The Balaban J connectivity index is 1.83. The highest BCUT2D eigenvalue weighted by molar-refractivity contribution is 5.93. The largest absolute Gasteiger partial charge is 0.507 e. The SMILES string of the molecule is O=C1CC(c2cccnc2)c2c(cc(O)c3c(=O)cc(-c4ccc(O)c(O)c4)oc23)O1. The molecule has 0 fully saturated rings. The monoisotopic (exact) mass is 417 g/mol. The fraction of sp³-hybridized carbons (Fsp3) is 0.0870. The number of fused-ring (bicyclic) bond motifs is 3. The van der Waals surface area contributed by atoms with E-state index in [1.165, 1.54) is 30.3 Å². The lowest BCUT2D eigenvalue weighted by atomic mass is 9.86. The lowest BCUT2D eigenvalue weighted by molar-refractivity contribution is -0.135. The summed E-state index contributed by atoms with van der Waals surface area (Å²) in [6, 6.07) is 9.97. The molecule has 2 aromatic carbocycles. The summed E-state index contributed by atoms with van der Waals surface area (Å²) in [4.78, 5) is 29.2. The van der Waals surface area contributed by atoms with Gasteiger partial charge in [0.25, 0.3) is 0 Å². The number of rotatable bonds is 2. The molecular weight excluding hydrogens is 402 g/mol. The molecule has 3 heterocycles. The summed E-state index contributed by atoms with van der Waals surface area (Å²) in [5.74, 6) is -1.83. The van der Waals surface area contributed by atoms with Gasteiger partial charge in [-0.25, -0.2) is 0 Å². The normalized spacial score (nSPS) is 15.5. The van der Waals surface area contributed by atoms with E-state index in [0.29, 0.717) is 11.1 Å². The number of benzene rings is 2. The van der Waals surface area contributed by atoms with Crippen LogP contribution in [0.1, 0.15) is 23.5 Å². The molecule has 0 radical (unpaired) electrons. The Morgan fingerprint density at radius 3 is 2.55 bits per heavy atom. The third-order valence-corrected chi connectivity index (χ3v) is 5.27. The number of pyridine rings is 1. The minimum Gasteiger partial charge on any atom is -0.507 e. The van der Waals surface area contributed by atoms with E-state index in [1.54, 1.807) is 24.5 Å². The van der Waals surface area contributed by atoms with Crippen LogP contribution in [-0.2, 0) is 4.79 Å². The van der Waals surface area contributed by atoms with Crippen LogP contribution in [0.5, 0.6) is 23.0 Å². The zero-order chi connectivity index (χ0) is 21.7. The molecule has 1 unspecified atom stereocenters. The van der Waals surface area contributed by atoms with Crippen LogP contribution in [0.25, 0.3) is 22.3 Å². The molecule has 8 nitrogen and oxygen atoms in total. The van der Waals surface area contributed by atoms with Crippen LogP contribution in [0.3, 0.4) is 0 Å². The van der Waals surface area contributed by atoms with Gasteiger partial charge < -0.3 is 24.5 Å². The first kappa shape index (κ1) is 18.7. The predicted octanol–water partition coefficient (Wildman–Crippen LogP) is 3.41. The van der Waals surface area contributed by atoms with Crippen molar-refractivity contribution < 1.29 is 29.3 Å².